The van der Waals surface area contributed by atoms with E-state index in [1.54, 1.807) is 7.11 Å². The summed E-state index contributed by atoms with van der Waals surface area (Å²) in [4.78, 5) is 24.4. The van der Waals surface area contributed by atoms with Crippen LogP contribution < -0.4 is 15.4 Å². The standard InChI is InChI=1S/C17H18N2O3/c1-3-4-9-18-14-13-12(16(20)19-17(13)21)10-7-5-6-8-11(10)15(14)22-2/h5-8,18H,3-4,9H2,1-2H3,(H,19,20,21). The van der Waals surface area contributed by atoms with Gasteiger partial charge in [-0.1, -0.05) is 37.6 Å². The van der Waals surface area contributed by atoms with Crippen LogP contribution in [-0.2, 0) is 0 Å². The number of ether oxygens (including phenoxy) is 1. The number of carbonyl (C=O) groups excluding carboxylic acids is 2. The monoisotopic (exact) mass is 298 g/mol. The molecule has 1 heterocycles. The molecule has 0 aromatic heterocycles. The Kier molecular flexibility index (Phi) is 3.71. The Morgan fingerprint density at radius 3 is 2.45 bits per heavy atom. The molecule has 1 aliphatic rings. The Morgan fingerprint density at radius 2 is 1.77 bits per heavy atom. The van der Waals surface area contributed by atoms with Gasteiger partial charge in [-0.05, 0) is 11.8 Å². The van der Waals surface area contributed by atoms with Gasteiger partial charge in [0.25, 0.3) is 11.8 Å². The van der Waals surface area contributed by atoms with Crippen LogP contribution in [0.3, 0.4) is 0 Å². The van der Waals surface area contributed by atoms with Gasteiger partial charge in [0.2, 0.25) is 0 Å². The number of fused-ring (bicyclic) bond motifs is 3. The minimum atomic E-state index is -0.372. The molecule has 3 rings (SSSR count). The van der Waals surface area contributed by atoms with Crippen LogP contribution in [0.1, 0.15) is 40.5 Å². The maximum absolute atomic E-state index is 12.2. The fourth-order valence-corrected chi connectivity index (χ4v) is 2.87. The van der Waals surface area contributed by atoms with E-state index < -0.39 is 0 Å². The van der Waals surface area contributed by atoms with Crippen LogP contribution in [0.2, 0.25) is 0 Å². The number of carbonyl (C=O) groups is 2. The van der Waals surface area contributed by atoms with Crippen molar-refractivity contribution in [1.29, 1.82) is 0 Å². The first-order valence-corrected chi connectivity index (χ1v) is 7.41. The molecule has 0 aliphatic carbocycles. The zero-order chi connectivity index (χ0) is 15.7. The first kappa shape index (κ1) is 14.4. The molecule has 0 unspecified atom stereocenters. The van der Waals surface area contributed by atoms with Gasteiger partial charge in [-0.15, -0.1) is 0 Å². The third kappa shape index (κ3) is 2.09. The van der Waals surface area contributed by atoms with E-state index in [0.29, 0.717) is 22.6 Å². The minimum absolute atomic E-state index is 0.350. The normalized spacial score (nSPS) is 13.2. The van der Waals surface area contributed by atoms with Gasteiger partial charge in [0.05, 0.1) is 23.9 Å². The number of hydrogen-bond donors (Lipinski definition) is 2. The molecule has 0 spiro atoms. The number of methoxy groups -OCH3 is 1. The van der Waals surface area contributed by atoms with Crippen LogP contribution in [-0.4, -0.2) is 25.5 Å². The van der Waals surface area contributed by atoms with E-state index in [4.69, 9.17) is 4.74 Å². The van der Waals surface area contributed by atoms with Crippen LogP contribution in [0, 0.1) is 0 Å². The van der Waals surface area contributed by atoms with Crippen LogP contribution in [0.4, 0.5) is 5.69 Å². The van der Waals surface area contributed by atoms with E-state index in [1.165, 1.54) is 0 Å². The van der Waals surface area contributed by atoms with Crippen molar-refractivity contribution < 1.29 is 14.3 Å². The third-order valence-corrected chi connectivity index (χ3v) is 3.89. The second-order valence-corrected chi connectivity index (χ2v) is 5.27. The lowest BCUT2D eigenvalue weighted by Gasteiger charge is -2.17. The summed E-state index contributed by atoms with van der Waals surface area (Å²) < 4.78 is 5.54. The average molecular weight is 298 g/mol. The number of unbranched alkanes of at least 4 members (excludes halogenated alkanes) is 1. The molecule has 22 heavy (non-hydrogen) atoms. The zero-order valence-electron chi connectivity index (χ0n) is 12.7. The Hall–Kier alpha value is -2.56. The molecule has 2 N–H and O–H groups in total. The van der Waals surface area contributed by atoms with Crippen molar-refractivity contribution in [3.63, 3.8) is 0 Å². The smallest absolute Gasteiger partial charge is 0.261 e. The van der Waals surface area contributed by atoms with Crippen molar-refractivity contribution >= 4 is 28.3 Å². The largest absolute Gasteiger partial charge is 0.494 e. The maximum atomic E-state index is 12.2. The summed E-state index contributed by atoms with van der Waals surface area (Å²) in [7, 11) is 1.58. The molecule has 1 aliphatic heterocycles. The Bertz CT molecular complexity index is 768. The van der Waals surface area contributed by atoms with Gasteiger partial charge in [0.1, 0.15) is 0 Å². The number of rotatable bonds is 5. The Labute approximate surface area is 128 Å². The first-order chi connectivity index (χ1) is 10.7. The zero-order valence-corrected chi connectivity index (χ0v) is 12.7. The number of imide groups is 1. The van der Waals surface area contributed by atoms with Crippen molar-refractivity contribution in [1.82, 2.24) is 5.32 Å². The van der Waals surface area contributed by atoms with Crippen LogP contribution >= 0.6 is 0 Å². The molecule has 0 fully saturated rings. The summed E-state index contributed by atoms with van der Waals surface area (Å²) in [5.41, 5.74) is 1.42. The highest BCUT2D eigenvalue weighted by Crippen LogP contribution is 2.41. The highest BCUT2D eigenvalue weighted by atomic mass is 16.5. The lowest BCUT2D eigenvalue weighted by Crippen LogP contribution is -2.20. The Morgan fingerprint density at radius 1 is 1.09 bits per heavy atom. The summed E-state index contributed by atoms with van der Waals surface area (Å²) in [6.45, 7) is 2.82. The minimum Gasteiger partial charge on any atom is -0.494 e. The predicted molar refractivity (Wildman–Crippen MR) is 85.7 cm³/mol. The second kappa shape index (κ2) is 5.67. The molecule has 0 saturated heterocycles. The summed E-state index contributed by atoms with van der Waals surface area (Å²) in [5.74, 6) is -0.115. The molecule has 2 amide bonds. The van der Waals surface area contributed by atoms with Gasteiger partial charge < -0.3 is 10.1 Å². The van der Waals surface area contributed by atoms with Crippen molar-refractivity contribution in [2.75, 3.05) is 19.0 Å². The number of amides is 2. The molecule has 2 aromatic carbocycles. The number of nitrogens with one attached hydrogen (secondary N) is 2. The topological polar surface area (TPSA) is 67.4 Å². The third-order valence-electron chi connectivity index (χ3n) is 3.89. The van der Waals surface area contributed by atoms with E-state index in [-0.39, 0.29) is 11.8 Å². The summed E-state index contributed by atoms with van der Waals surface area (Å²) in [6, 6.07) is 7.48. The van der Waals surface area contributed by atoms with Gasteiger partial charge in [-0.3, -0.25) is 14.9 Å². The average Bonchev–Trinajstić information content (AvgIpc) is 2.82. The van der Waals surface area contributed by atoms with E-state index in [9.17, 15) is 9.59 Å². The Balaban J connectivity index is 2.30. The van der Waals surface area contributed by atoms with Gasteiger partial charge in [0, 0.05) is 11.9 Å². The molecule has 114 valence electrons. The second-order valence-electron chi connectivity index (χ2n) is 5.27. The van der Waals surface area contributed by atoms with Crippen molar-refractivity contribution in [2.24, 2.45) is 0 Å². The fourth-order valence-electron chi connectivity index (χ4n) is 2.87. The molecule has 5 heteroatoms. The lowest BCUT2D eigenvalue weighted by molar-refractivity contribution is 0.0880. The van der Waals surface area contributed by atoms with Crippen molar-refractivity contribution in [3.05, 3.63) is 35.4 Å². The molecule has 5 nitrogen and oxygen atoms in total. The van der Waals surface area contributed by atoms with E-state index >= 15 is 0 Å². The summed E-state index contributed by atoms with van der Waals surface area (Å²) >= 11 is 0. The maximum Gasteiger partial charge on any atom is 0.261 e. The quantitative estimate of drug-likeness (QED) is 0.658. The van der Waals surface area contributed by atoms with Crippen LogP contribution in [0.25, 0.3) is 10.8 Å². The molecule has 0 saturated carbocycles. The van der Waals surface area contributed by atoms with Crippen molar-refractivity contribution in [2.45, 2.75) is 19.8 Å². The first-order valence-electron chi connectivity index (χ1n) is 7.41. The van der Waals surface area contributed by atoms with Gasteiger partial charge in [-0.25, -0.2) is 0 Å². The van der Waals surface area contributed by atoms with Crippen LogP contribution in [0.5, 0.6) is 5.75 Å². The van der Waals surface area contributed by atoms with Gasteiger partial charge >= 0.3 is 0 Å². The molecule has 0 atom stereocenters. The van der Waals surface area contributed by atoms with E-state index in [1.807, 2.05) is 24.3 Å². The van der Waals surface area contributed by atoms with Gasteiger partial charge in [0.15, 0.2) is 5.75 Å². The highest BCUT2D eigenvalue weighted by molar-refractivity contribution is 6.30. The number of benzene rings is 2. The molecular weight excluding hydrogens is 280 g/mol. The SMILES string of the molecule is CCCCNc1c2c(c3ccccc3c1OC)C(=O)NC2=O. The summed E-state index contributed by atoms with van der Waals surface area (Å²) in [6.07, 6.45) is 2.01. The predicted octanol–water partition coefficient (Wildman–Crippen LogP) is 2.94. The van der Waals surface area contributed by atoms with E-state index in [0.717, 1.165) is 30.2 Å². The molecule has 0 bridgehead atoms. The van der Waals surface area contributed by atoms with E-state index in [2.05, 4.69) is 17.6 Å². The molecule has 2 aromatic rings. The van der Waals surface area contributed by atoms with Crippen molar-refractivity contribution in [3.8, 4) is 5.75 Å². The molecule has 0 radical (unpaired) electrons. The fraction of sp³-hybridized carbons (Fsp3) is 0.294. The number of anilines is 1. The van der Waals surface area contributed by atoms with Gasteiger partial charge in [-0.2, -0.15) is 0 Å². The summed E-state index contributed by atoms with van der Waals surface area (Å²) in [5, 5.41) is 7.22. The number of hydrogen-bond acceptors (Lipinski definition) is 4. The molecular formula is C17H18N2O3. The highest BCUT2D eigenvalue weighted by Gasteiger charge is 2.34. The lowest BCUT2D eigenvalue weighted by atomic mass is 9.97. The van der Waals surface area contributed by atoms with Crippen LogP contribution in [0.15, 0.2) is 24.3 Å².